The van der Waals surface area contributed by atoms with Crippen LogP contribution in [0.2, 0.25) is 0 Å². The lowest BCUT2D eigenvalue weighted by atomic mass is 10.2. The molecule has 1 aliphatic rings. The Morgan fingerprint density at radius 1 is 1.50 bits per heavy atom. The number of fused-ring (bicyclic) bond motifs is 1. The van der Waals surface area contributed by atoms with Crippen molar-refractivity contribution in [1.82, 2.24) is 10.3 Å². The van der Waals surface area contributed by atoms with Gasteiger partial charge in [-0.1, -0.05) is 12.1 Å². The molecule has 96 valence electrons. The molecule has 3 rings (SSSR count). The molecule has 0 saturated carbocycles. The number of aromatic nitrogens is 1. The molecule has 1 fully saturated rings. The van der Waals surface area contributed by atoms with E-state index < -0.39 is 0 Å². The highest BCUT2D eigenvalue weighted by Gasteiger charge is 2.14. The Bertz CT molecular complexity index is 532. The third-order valence-electron chi connectivity index (χ3n) is 3.37. The van der Waals surface area contributed by atoms with Crippen LogP contribution >= 0.6 is 11.8 Å². The lowest BCUT2D eigenvalue weighted by Crippen LogP contribution is -2.33. The van der Waals surface area contributed by atoms with Crippen LogP contribution in [0.25, 0.3) is 11.1 Å². The summed E-state index contributed by atoms with van der Waals surface area (Å²) in [5, 5.41) is 3.54. The number of nitrogens with one attached hydrogen (secondary N) is 1. The first-order valence-corrected chi connectivity index (χ1v) is 7.64. The van der Waals surface area contributed by atoms with E-state index in [-0.39, 0.29) is 0 Å². The lowest BCUT2D eigenvalue weighted by molar-refractivity contribution is 0.445. The van der Waals surface area contributed by atoms with E-state index in [2.05, 4.69) is 23.3 Å². The van der Waals surface area contributed by atoms with Crippen molar-refractivity contribution in [2.45, 2.75) is 32.4 Å². The first kappa shape index (κ1) is 12.1. The highest BCUT2D eigenvalue weighted by Crippen LogP contribution is 2.20. The van der Waals surface area contributed by atoms with Gasteiger partial charge >= 0.3 is 0 Å². The highest BCUT2D eigenvalue weighted by molar-refractivity contribution is 7.99. The molecule has 1 aliphatic heterocycles. The lowest BCUT2D eigenvalue weighted by Gasteiger charge is -2.21. The number of rotatable bonds is 3. The molecule has 1 aromatic heterocycles. The van der Waals surface area contributed by atoms with Crippen molar-refractivity contribution >= 4 is 22.9 Å². The Kier molecular flexibility index (Phi) is 3.57. The molecule has 2 aromatic rings. The molecule has 0 spiro atoms. The summed E-state index contributed by atoms with van der Waals surface area (Å²) in [5.41, 5.74) is 3.06. The summed E-state index contributed by atoms with van der Waals surface area (Å²) >= 11 is 2.03. The molecule has 4 heteroatoms. The van der Waals surface area contributed by atoms with Crippen molar-refractivity contribution in [3.05, 3.63) is 29.7 Å². The van der Waals surface area contributed by atoms with Crippen LogP contribution in [0.5, 0.6) is 0 Å². The zero-order valence-corrected chi connectivity index (χ0v) is 11.4. The van der Waals surface area contributed by atoms with Gasteiger partial charge in [0.1, 0.15) is 5.52 Å². The van der Waals surface area contributed by atoms with Gasteiger partial charge in [-0.25, -0.2) is 4.98 Å². The molecule has 0 bridgehead atoms. The van der Waals surface area contributed by atoms with Crippen LogP contribution in [-0.2, 0) is 6.54 Å². The fourth-order valence-corrected chi connectivity index (χ4v) is 3.45. The van der Waals surface area contributed by atoms with Crippen LogP contribution in [0.3, 0.4) is 0 Å². The number of oxazole rings is 1. The second kappa shape index (κ2) is 5.33. The molecule has 1 N–H and O–H groups in total. The third kappa shape index (κ3) is 2.54. The number of benzene rings is 1. The molecule has 3 nitrogen and oxygen atoms in total. The van der Waals surface area contributed by atoms with E-state index in [0.29, 0.717) is 6.04 Å². The first-order valence-electron chi connectivity index (χ1n) is 6.49. The summed E-state index contributed by atoms with van der Waals surface area (Å²) in [4.78, 5) is 4.56. The van der Waals surface area contributed by atoms with Crippen LogP contribution in [0.15, 0.2) is 22.6 Å². The fourth-order valence-electron chi connectivity index (χ4n) is 2.34. The highest BCUT2D eigenvalue weighted by atomic mass is 32.2. The van der Waals surface area contributed by atoms with Crippen LogP contribution in [-0.4, -0.2) is 22.5 Å². The molecule has 0 aliphatic carbocycles. The molecule has 0 radical (unpaired) electrons. The zero-order chi connectivity index (χ0) is 12.4. The van der Waals surface area contributed by atoms with Crippen molar-refractivity contribution < 1.29 is 4.42 Å². The smallest absolute Gasteiger partial charge is 0.209 e. The van der Waals surface area contributed by atoms with E-state index in [0.717, 1.165) is 23.5 Å². The summed E-state index contributed by atoms with van der Waals surface area (Å²) in [5.74, 6) is 3.31. The van der Waals surface area contributed by atoms with Gasteiger partial charge in [0, 0.05) is 11.8 Å². The molecule has 0 unspecified atom stereocenters. The van der Waals surface area contributed by atoms with Gasteiger partial charge in [0.05, 0.1) is 6.54 Å². The van der Waals surface area contributed by atoms with E-state index in [1.54, 1.807) is 0 Å². The monoisotopic (exact) mass is 262 g/mol. The van der Waals surface area contributed by atoms with Gasteiger partial charge in [0.15, 0.2) is 5.58 Å². The maximum atomic E-state index is 5.76. The predicted octanol–water partition coefficient (Wildman–Crippen LogP) is 3.12. The van der Waals surface area contributed by atoms with Gasteiger partial charge in [0.2, 0.25) is 5.89 Å². The molecule has 1 aromatic carbocycles. The normalized spacial score (nSPS) is 20.4. The van der Waals surface area contributed by atoms with Gasteiger partial charge in [-0.15, -0.1) is 0 Å². The molecule has 18 heavy (non-hydrogen) atoms. The predicted molar refractivity (Wildman–Crippen MR) is 75.9 cm³/mol. The van der Waals surface area contributed by atoms with Gasteiger partial charge < -0.3 is 9.73 Å². The van der Waals surface area contributed by atoms with Gasteiger partial charge in [-0.05, 0) is 37.1 Å². The minimum absolute atomic E-state index is 0.611. The fraction of sp³-hybridized carbons (Fsp3) is 0.500. The molecule has 2 heterocycles. The molecule has 1 saturated heterocycles. The summed E-state index contributed by atoms with van der Waals surface area (Å²) in [6.45, 7) is 2.80. The first-order chi connectivity index (χ1) is 8.83. The van der Waals surface area contributed by atoms with E-state index >= 15 is 0 Å². The van der Waals surface area contributed by atoms with E-state index in [4.69, 9.17) is 4.42 Å². The Morgan fingerprint density at radius 2 is 2.44 bits per heavy atom. The maximum absolute atomic E-state index is 5.76. The summed E-state index contributed by atoms with van der Waals surface area (Å²) in [6, 6.07) is 6.67. The average Bonchev–Trinajstić information content (AvgIpc) is 2.82. The standard InChI is InChI=1S/C14H18N2OS/c1-10-4-2-6-12-14(10)16-13(17-12)8-15-11-5-3-7-18-9-11/h2,4,6,11,15H,3,5,7-9H2,1H3/t11-/m0/s1. The largest absolute Gasteiger partial charge is 0.439 e. The van der Waals surface area contributed by atoms with Gasteiger partial charge in [-0.2, -0.15) is 11.8 Å². The van der Waals surface area contributed by atoms with Crippen LogP contribution in [0.4, 0.5) is 0 Å². The van der Waals surface area contributed by atoms with Gasteiger partial charge in [0.25, 0.3) is 0 Å². The third-order valence-corrected chi connectivity index (χ3v) is 4.58. The molecule has 1 atom stereocenters. The van der Waals surface area contributed by atoms with Crippen molar-refractivity contribution in [2.75, 3.05) is 11.5 Å². The maximum Gasteiger partial charge on any atom is 0.209 e. The summed E-state index contributed by atoms with van der Waals surface area (Å²) < 4.78 is 5.76. The van der Waals surface area contributed by atoms with E-state index in [9.17, 15) is 0 Å². The number of aryl methyl sites for hydroxylation is 1. The number of hydrogen-bond acceptors (Lipinski definition) is 4. The molecular weight excluding hydrogens is 244 g/mol. The number of para-hydroxylation sites is 1. The Morgan fingerprint density at radius 3 is 3.22 bits per heavy atom. The minimum Gasteiger partial charge on any atom is -0.439 e. The second-order valence-corrected chi connectivity index (χ2v) is 5.97. The van der Waals surface area contributed by atoms with E-state index in [1.807, 2.05) is 23.9 Å². The van der Waals surface area contributed by atoms with Crippen LogP contribution < -0.4 is 5.32 Å². The van der Waals surface area contributed by atoms with E-state index in [1.165, 1.54) is 29.9 Å². The van der Waals surface area contributed by atoms with Crippen molar-refractivity contribution in [1.29, 1.82) is 0 Å². The number of hydrogen-bond donors (Lipinski definition) is 1. The molecule has 0 amide bonds. The number of thioether (sulfide) groups is 1. The summed E-state index contributed by atoms with van der Waals surface area (Å²) in [6.07, 6.45) is 2.58. The minimum atomic E-state index is 0.611. The molecular formula is C14H18N2OS. The topological polar surface area (TPSA) is 38.1 Å². The SMILES string of the molecule is Cc1cccc2oc(CN[C@H]3CCCSC3)nc12. The van der Waals surface area contributed by atoms with Crippen LogP contribution in [0.1, 0.15) is 24.3 Å². The Hall–Kier alpha value is -1.00. The second-order valence-electron chi connectivity index (χ2n) is 4.82. The van der Waals surface area contributed by atoms with Crippen molar-refractivity contribution in [3.63, 3.8) is 0 Å². The zero-order valence-electron chi connectivity index (χ0n) is 10.6. The Labute approximate surface area is 111 Å². The van der Waals surface area contributed by atoms with Crippen LogP contribution in [0, 0.1) is 6.92 Å². The average molecular weight is 262 g/mol. The number of nitrogens with zero attached hydrogens (tertiary/aromatic N) is 1. The quantitative estimate of drug-likeness (QED) is 0.922. The Balaban J connectivity index is 1.69. The van der Waals surface area contributed by atoms with Crippen molar-refractivity contribution in [3.8, 4) is 0 Å². The summed E-state index contributed by atoms with van der Waals surface area (Å²) in [7, 11) is 0. The van der Waals surface area contributed by atoms with Crippen molar-refractivity contribution in [2.24, 2.45) is 0 Å². The van der Waals surface area contributed by atoms with Gasteiger partial charge in [-0.3, -0.25) is 0 Å².